The molecule has 0 saturated carbocycles. The molecule has 1 amide bonds. The molecule has 2 rings (SSSR count). The first-order valence-corrected chi connectivity index (χ1v) is 7.65. The number of hydrogen-bond donors (Lipinski definition) is 1. The summed E-state index contributed by atoms with van der Waals surface area (Å²) in [7, 11) is 1.90. The van der Waals surface area contributed by atoms with Crippen LogP contribution in [0.15, 0.2) is 24.3 Å². The van der Waals surface area contributed by atoms with E-state index in [0.717, 1.165) is 31.5 Å². The Morgan fingerprint density at radius 2 is 1.91 bits per heavy atom. The average molecular weight is 325 g/mol. The Hall–Kier alpha value is -1.39. The number of Topliss-reactive ketones (excluding diaryl/α,β-unsaturated/α-hetero) is 1. The standard InChI is InChI=1S/C17H24N2O2.ClH/c1-13-5-7-14(8-6-13)16(20)9-10-17(21)19-11-3-4-15(19)12-18-2;/h5-8,15,18H,3-4,9-12H2,1-2H3;1H. The predicted molar refractivity (Wildman–Crippen MR) is 90.7 cm³/mol. The van der Waals surface area contributed by atoms with Crippen LogP contribution in [0.25, 0.3) is 0 Å². The van der Waals surface area contributed by atoms with Crippen LogP contribution in [0, 0.1) is 6.92 Å². The first-order chi connectivity index (χ1) is 10.1. The highest BCUT2D eigenvalue weighted by Crippen LogP contribution is 2.18. The van der Waals surface area contributed by atoms with Crippen LogP contribution in [0.1, 0.15) is 41.6 Å². The van der Waals surface area contributed by atoms with Crippen molar-refractivity contribution in [1.29, 1.82) is 0 Å². The number of carbonyl (C=O) groups is 2. The van der Waals surface area contributed by atoms with Crippen molar-refractivity contribution in [2.75, 3.05) is 20.1 Å². The minimum Gasteiger partial charge on any atom is -0.338 e. The molecule has 1 unspecified atom stereocenters. The highest BCUT2D eigenvalue weighted by Gasteiger charge is 2.27. The molecular formula is C17H25ClN2O2. The molecule has 1 aromatic rings. The van der Waals surface area contributed by atoms with Gasteiger partial charge in [-0.05, 0) is 26.8 Å². The third-order valence-corrected chi connectivity index (χ3v) is 4.08. The van der Waals surface area contributed by atoms with Gasteiger partial charge in [-0.1, -0.05) is 29.8 Å². The van der Waals surface area contributed by atoms with Gasteiger partial charge in [0, 0.05) is 37.5 Å². The molecule has 5 heteroatoms. The number of carbonyl (C=O) groups excluding carboxylic acids is 2. The molecule has 0 spiro atoms. The third-order valence-electron chi connectivity index (χ3n) is 4.08. The molecule has 1 fully saturated rings. The number of aryl methyl sites for hydroxylation is 1. The minimum atomic E-state index is 0. The highest BCUT2D eigenvalue weighted by atomic mass is 35.5. The Bertz CT molecular complexity index is 502. The van der Waals surface area contributed by atoms with E-state index in [1.165, 1.54) is 0 Å². The fourth-order valence-corrected chi connectivity index (χ4v) is 2.86. The van der Waals surface area contributed by atoms with Crippen molar-refractivity contribution in [3.05, 3.63) is 35.4 Å². The van der Waals surface area contributed by atoms with Crippen LogP contribution in [0.3, 0.4) is 0 Å². The first kappa shape index (κ1) is 18.7. The van der Waals surface area contributed by atoms with Crippen LogP contribution in [-0.4, -0.2) is 42.8 Å². The molecule has 1 N–H and O–H groups in total. The van der Waals surface area contributed by atoms with Gasteiger partial charge in [0.2, 0.25) is 5.91 Å². The SMILES string of the molecule is CNCC1CCCN1C(=O)CCC(=O)c1ccc(C)cc1.Cl. The van der Waals surface area contributed by atoms with Crippen LogP contribution in [0.2, 0.25) is 0 Å². The Labute approximate surface area is 138 Å². The zero-order valence-electron chi connectivity index (χ0n) is 13.3. The van der Waals surface area contributed by atoms with Gasteiger partial charge in [-0.3, -0.25) is 9.59 Å². The van der Waals surface area contributed by atoms with Crippen LogP contribution in [0.5, 0.6) is 0 Å². The number of rotatable bonds is 6. The lowest BCUT2D eigenvalue weighted by molar-refractivity contribution is -0.131. The summed E-state index contributed by atoms with van der Waals surface area (Å²) in [6.45, 7) is 3.65. The van der Waals surface area contributed by atoms with Gasteiger partial charge in [0.25, 0.3) is 0 Å². The van der Waals surface area contributed by atoms with Crippen LogP contribution in [-0.2, 0) is 4.79 Å². The van der Waals surface area contributed by atoms with Crippen molar-refractivity contribution in [2.24, 2.45) is 0 Å². The number of nitrogens with one attached hydrogen (secondary N) is 1. The van der Waals surface area contributed by atoms with E-state index in [9.17, 15) is 9.59 Å². The van der Waals surface area contributed by atoms with Crippen molar-refractivity contribution in [2.45, 2.75) is 38.6 Å². The maximum atomic E-state index is 12.3. The lowest BCUT2D eigenvalue weighted by Crippen LogP contribution is -2.40. The number of nitrogens with zero attached hydrogens (tertiary/aromatic N) is 1. The topological polar surface area (TPSA) is 49.4 Å². The molecule has 1 saturated heterocycles. The lowest BCUT2D eigenvalue weighted by Gasteiger charge is -2.24. The van der Waals surface area contributed by atoms with Gasteiger partial charge in [-0.2, -0.15) is 0 Å². The Morgan fingerprint density at radius 3 is 2.55 bits per heavy atom. The van der Waals surface area contributed by atoms with Gasteiger partial charge in [0.1, 0.15) is 0 Å². The molecular weight excluding hydrogens is 300 g/mol. The smallest absolute Gasteiger partial charge is 0.223 e. The molecule has 1 atom stereocenters. The van der Waals surface area contributed by atoms with Gasteiger partial charge < -0.3 is 10.2 Å². The van der Waals surface area contributed by atoms with E-state index in [0.29, 0.717) is 18.4 Å². The number of hydrogen-bond acceptors (Lipinski definition) is 3. The first-order valence-electron chi connectivity index (χ1n) is 7.65. The molecule has 22 heavy (non-hydrogen) atoms. The molecule has 1 aliphatic rings. The highest BCUT2D eigenvalue weighted by molar-refractivity contribution is 5.98. The summed E-state index contributed by atoms with van der Waals surface area (Å²) in [5, 5.41) is 3.13. The summed E-state index contributed by atoms with van der Waals surface area (Å²) in [4.78, 5) is 26.3. The number of halogens is 1. The van der Waals surface area contributed by atoms with Crippen molar-refractivity contribution >= 4 is 24.1 Å². The summed E-state index contributed by atoms with van der Waals surface area (Å²) in [6, 6.07) is 7.82. The Morgan fingerprint density at radius 1 is 1.23 bits per heavy atom. The van der Waals surface area contributed by atoms with E-state index < -0.39 is 0 Å². The summed E-state index contributed by atoms with van der Waals surface area (Å²) < 4.78 is 0. The molecule has 0 radical (unpaired) electrons. The number of likely N-dealkylation sites (tertiary alicyclic amines) is 1. The number of likely N-dealkylation sites (N-methyl/N-ethyl adjacent to an activating group) is 1. The van der Waals surface area contributed by atoms with Crippen molar-refractivity contribution in [3.8, 4) is 0 Å². The second-order valence-electron chi connectivity index (χ2n) is 5.73. The van der Waals surface area contributed by atoms with Gasteiger partial charge in [0.05, 0.1) is 0 Å². The second kappa shape index (κ2) is 8.91. The van der Waals surface area contributed by atoms with Gasteiger partial charge in [-0.25, -0.2) is 0 Å². The zero-order valence-corrected chi connectivity index (χ0v) is 14.1. The predicted octanol–water partition coefficient (Wildman–Crippen LogP) is 2.59. The monoisotopic (exact) mass is 324 g/mol. The zero-order chi connectivity index (χ0) is 15.2. The molecule has 0 bridgehead atoms. The van der Waals surface area contributed by atoms with Crippen molar-refractivity contribution < 1.29 is 9.59 Å². The maximum absolute atomic E-state index is 12.3. The van der Waals surface area contributed by atoms with E-state index in [1.807, 2.05) is 43.1 Å². The number of benzene rings is 1. The normalized spacial score (nSPS) is 17.2. The van der Waals surface area contributed by atoms with Crippen molar-refractivity contribution in [3.63, 3.8) is 0 Å². The summed E-state index contributed by atoms with van der Waals surface area (Å²) >= 11 is 0. The van der Waals surface area contributed by atoms with Gasteiger partial charge in [-0.15, -0.1) is 12.4 Å². The minimum absolute atomic E-state index is 0. The van der Waals surface area contributed by atoms with E-state index in [2.05, 4.69) is 5.32 Å². The fraction of sp³-hybridized carbons (Fsp3) is 0.529. The molecule has 0 aliphatic carbocycles. The summed E-state index contributed by atoms with van der Waals surface area (Å²) in [5.41, 5.74) is 1.83. The molecule has 1 heterocycles. The van der Waals surface area contributed by atoms with Crippen molar-refractivity contribution in [1.82, 2.24) is 10.2 Å². The lowest BCUT2D eigenvalue weighted by atomic mass is 10.0. The van der Waals surface area contributed by atoms with E-state index >= 15 is 0 Å². The third kappa shape index (κ3) is 4.82. The Balaban J connectivity index is 0.00000242. The van der Waals surface area contributed by atoms with Gasteiger partial charge >= 0.3 is 0 Å². The maximum Gasteiger partial charge on any atom is 0.223 e. The largest absolute Gasteiger partial charge is 0.338 e. The van der Waals surface area contributed by atoms with E-state index in [1.54, 1.807) is 0 Å². The Kier molecular flexibility index (Phi) is 7.56. The average Bonchev–Trinajstić information content (AvgIpc) is 2.94. The molecule has 1 aromatic carbocycles. The number of amides is 1. The fourth-order valence-electron chi connectivity index (χ4n) is 2.86. The van der Waals surface area contributed by atoms with E-state index in [-0.39, 0.29) is 30.1 Å². The van der Waals surface area contributed by atoms with Gasteiger partial charge in [0.15, 0.2) is 5.78 Å². The second-order valence-corrected chi connectivity index (χ2v) is 5.73. The molecule has 0 aromatic heterocycles. The molecule has 122 valence electrons. The molecule has 1 aliphatic heterocycles. The van der Waals surface area contributed by atoms with E-state index in [4.69, 9.17) is 0 Å². The quantitative estimate of drug-likeness (QED) is 0.818. The summed E-state index contributed by atoms with van der Waals surface area (Å²) in [5.74, 6) is 0.154. The molecule has 4 nitrogen and oxygen atoms in total. The van der Waals surface area contributed by atoms with Crippen LogP contribution in [0.4, 0.5) is 0 Å². The number of ketones is 1. The van der Waals surface area contributed by atoms with Crippen LogP contribution >= 0.6 is 12.4 Å². The van der Waals surface area contributed by atoms with Crippen LogP contribution < -0.4 is 5.32 Å². The summed E-state index contributed by atoms with van der Waals surface area (Å²) in [6.07, 6.45) is 2.72.